The van der Waals surface area contributed by atoms with Crippen LogP contribution in [0.15, 0.2) is 50.9 Å². The molecule has 4 aromatic rings. The first kappa shape index (κ1) is 32.7. The van der Waals surface area contributed by atoms with Crippen LogP contribution in [0, 0.1) is 36.0 Å². The van der Waals surface area contributed by atoms with Crippen molar-refractivity contribution in [3.63, 3.8) is 0 Å². The fraction of sp³-hybridized carbons (Fsp3) is 0.343. The zero-order valence-electron chi connectivity index (χ0n) is 26.6. The van der Waals surface area contributed by atoms with Gasteiger partial charge in [0.25, 0.3) is 0 Å². The van der Waals surface area contributed by atoms with Crippen molar-refractivity contribution in [3.05, 3.63) is 67.1 Å². The number of imide groups is 2. The molecule has 4 heterocycles. The molecule has 14 heteroatoms. The average molecular weight is 829 g/mol. The molecule has 0 radical (unpaired) electrons. The lowest BCUT2D eigenvalue weighted by molar-refractivity contribution is -0.131. The second-order valence-electron chi connectivity index (χ2n) is 13.4. The number of benzene rings is 2. The average Bonchev–Trinajstić information content (AvgIpc) is 3.75. The highest BCUT2D eigenvalue weighted by atomic mass is 79.9. The molecule has 4 amide bonds. The summed E-state index contributed by atoms with van der Waals surface area (Å²) >= 11 is 15.0. The Kier molecular flexibility index (Phi) is 7.50. The zero-order chi connectivity index (χ0) is 34.8. The van der Waals surface area contributed by atoms with E-state index in [2.05, 4.69) is 37.2 Å². The Balaban J connectivity index is 1.29. The summed E-state index contributed by atoms with van der Waals surface area (Å²) in [5.41, 5.74) is 1.75. The number of aromatic hydroxyl groups is 1. The lowest BCUT2D eigenvalue weighted by Crippen LogP contribution is -2.49. The number of carbonyl (C=O) groups excluding carboxylic acids is 4. The summed E-state index contributed by atoms with van der Waals surface area (Å²) < 4.78 is 8.94. The van der Waals surface area contributed by atoms with Crippen molar-refractivity contribution >= 4 is 94.3 Å². The first-order valence-corrected chi connectivity index (χ1v) is 18.5. The molecule has 49 heavy (non-hydrogen) atoms. The minimum Gasteiger partial charge on any atom is -0.503 e. The first-order chi connectivity index (χ1) is 23.3. The van der Waals surface area contributed by atoms with Gasteiger partial charge in [-0.2, -0.15) is 5.10 Å². The molecule has 0 unspecified atom stereocenters. The summed E-state index contributed by atoms with van der Waals surface area (Å²) in [7, 11) is 3.14. The molecular formula is C35H29Br2ClN4O6S. The number of hydrogen-bond donors (Lipinski definition) is 2. The number of phenols is 1. The van der Waals surface area contributed by atoms with E-state index < -0.39 is 46.8 Å². The molecule has 0 spiro atoms. The fourth-order valence-corrected chi connectivity index (χ4v) is 11.0. The smallest absolute Gasteiger partial charge is 0.242 e. The van der Waals surface area contributed by atoms with Gasteiger partial charge in [-0.15, -0.1) is 11.3 Å². The van der Waals surface area contributed by atoms with E-state index in [0.29, 0.717) is 37.5 Å². The topological polar surface area (TPSA) is 131 Å². The number of aromatic nitrogens is 2. The highest BCUT2D eigenvalue weighted by Gasteiger charge is 2.67. The molecule has 10 nitrogen and oxygen atoms in total. The number of anilines is 1. The summed E-state index contributed by atoms with van der Waals surface area (Å²) in [6.45, 7) is 3.81. The Morgan fingerprint density at radius 3 is 2.59 bits per heavy atom. The van der Waals surface area contributed by atoms with Crippen LogP contribution in [0.5, 0.6) is 11.5 Å². The Bertz CT molecular complexity index is 2230. The van der Waals surface area contributed by atoms with Crippen LogP contribution in [0.1, 0.15) is 36.8 Å². The SMILES string of the molecule is COc1cc([C@H]2C3=CC[C@@H]4C(=O)NC(=O)[C@@H]4[C@@H]3C[C@H]3C(=O)N(c4cc(-c5sc6ccc(Cl)cc6c5C)nn4C)C(=O)[C@@]23C)c(Br)c(Br)c1O. The van der Waals surface area contributed by atoms with Gasteiger partial charge in [0.05, 0.1) is 39.6 Å². The molecule has 2 N–H and O–H groups in total. The third kappa shape index (κ3) is 4.44. The summed E-state index contributed by atoms with van der Waals surface area (Å²) in [5, 5.41) is 19.7. The van der Waals surface area contributed by atoms with Crippen LogP contribution in [-0.4, -0.2) is 45.6 Å². The van der Waals surface area contributed by atoms with Crippen LogP contribution in [0.3, 0.4) is 0 Å². The molecule has 1 saturated carbocycles. The lowest BCUT2D eigenvalue weighted by atomic mass is 9.51. The number of fused-ring (bicyclic) bond motifs is 5. The molecular weight excluding hydrogens is 800 g/mol. The van der Waals surface area contributed by atoms with Crippen LogP contribution in [0.25, 0.3) is 20.7 Å². The second kappa shape index (κ2) is 11.2. The number of rotatable bonds is 4. The van der Waals surface area contributed by atoms with Crippen molar-refractivity contribution in [3.8, 4) is 22.1 Å². The zero-order valence-corrected chi connectivity index (χ0v) is 31.4. The Morgan fingerprint density at radius 2 is 1.86 bits per heavy atom. The highest BCUT2D eigenvalue weighted by Crippen LogP contribution is 2.65. The summed E-state index contributed by atoms with van der Waals surface area (Å²) in [4.78, 5) is 57.9. The number of ether oxygens (including phenoxy) is 1. The Labute approximate surface area is 306 Å². The Morgan fingerprint density at radius 1 is 1.10 bits per heavy atom. The van der Waals surface area contributed by atoms with Crippen molar-refractivity contribution in [1.29, 1.82) is 0 Å². The molecule has 6 atom stereocenters. The number of nitrogens with one attached hydrogen (secondary N) is 1. The van der Waals surface area contributed by atoms with Crippen LogP contribution >= 0.6 is 54.8 Å². The number of aryl methyl sites for hydroxylation is 2. The van der Waals surface area contributed by atoms with Gasteiger partial charge in [-0.05, 0) is 105 Å². The quantitative estimate of drug-likeness (QED) is 0.167. The monoisotopic (exact) mass is 826 g/mol. The summed E-state index contributed by atoms with van der Waals surface area (Å²) in [5.74, 6) is -4.28. The van der Waals surface area contributed by atoms with Crippen molar-refractivity contribution < 1.29 is 29.0 Å². The number of carbonyl (C=O) groups is 4. The largest absolute Gasteiger partial charge is 0.503 e. The summed E-state index contributed by atoms with van der Waals surface area (Å²) in [6, 6.07) is 9.17. The minimum absolute atomic E-state index is 0.123. The number of allylic oxidation sites excluding steroid dienone is 2. The van der Waals surface area contributed by atoms with Crippen LogP contribution in [0.4, 0.5) is 5.82 Å². The van der Waals surface area contributed by atoms with Crippen LogP contribution in [0.2, 0.25) is 5.02 Å². The molecule has 2 aliphatic heterocycles. The third-order valence-electron chi connectivity index (χ3n) is 11.0. The highest BCUT2D eigenvalue weighted by molar-refractivity contribution is 9.13. The van der Waals surface area contributed by atoms with E-state index in [1.165, 1.54) is 12.0 Å². The van der Waals surface area contributed by atoms with Crippen LogP contribution in [-0.2, 0) is 26.2 Å². The van der Waals surface area contributed by atoms with Crippen LogP contribution < -0.4 is 15.0 Å². The summed E-state index contributed by atoms with van der Waals surface area (Å²) in [6.07, 6.45) is 2.52. The maximum Gasteiger partial charge on any atom is 0.242 e. The van der Waals surface area contributed by atoms with Gasteiger partial charge < -0.3 is 9.84 Å². The van der Waals surface area contributed by atoms with E-state index in [-0.39, 0.29) is 29.7 Å². The number of nitrogens with zero attached hydrogens (tertiary/aromatic N) is 3. The number of methoxy groups -OCH3 is 1. The van der Waals surface area contributed by atoms with Crippen molar-refractivity contribution in [2.75, 3.05) is 12.0 Å². The fourth-order valence-electron chi connectivity index (χ4n) is 8.68. The van der Waals surface area contributed by atoms with Crippen molar-refractivity contribution in [2.45, 2.75) is 32.6 Å². The third-order valence-corrected chi connectivity index (χ3v) is 14.7. The standard InChI is InChI=1S/C35H29Br2ClN4O6S/c1-13-17-9-14(38)5-8-23(17)49-30(13)21-12-24(41(3)40-21)42-33(46)20-10-18-15(6-7-16-25(18)32(45)39-31(16)44)26(35(20,2)34(42)47)19-11-22(48-4)29(43)28(37)27(19)36/h5-6,8-9,11-12,16,18,20,25-26,43H,7,10H2,1-4H3,(H,39,44,45)/t16-,18+,20-,25-,26+,35+/m0/s1. The van der Waals surface area contributed by atoms with Gasteiger partial charge in [-0.25, -0.2) is 4.90 Å². The van der Waals surface area contributed by atoms with E-state index in [4.69, 9.17) is 21.4 Å². The Hall–Kier alpha value is -3.52. The molecule has 2 aliphatic carbocycles. The van der Waals surface area contributed by atoms with E-state index in [1.807, 2.05) is 38.1 Å². The minimum atomic E-state index is -1.30. The van der Waals surface area contributed by atoms with Gasteiger partial charge in [0.1, 0.15) is 11.5 Å². The molecule has 2 aromatic heterocycles. The molecule has 0 bridgehead atoms. The molecule has 4 aliphatic rings. The number of amides is 4. The normalized spacial score (nSPS) is 27.7. The molecule has 252 valence electrons. The van der Waals surface area contributed by atoms with Gasteiger partial charge >= 0.3 is 0 Å². The second-order valence-corrected chi connectivity index (χ2v) is 16.4. The van der Waals surface area contributed by atoms with Gasteiger partial charge in [0, 0.05) is 33.2 Å². The van der Waals surface area contributed by atoms with E-state index >= 15 is 4.79 Å². The maximum absolute atomic E-state index is 15.0. The van der Waals surface area contributed by atoms with Gasteiger partial charge in [0.2, 0.25) is 23.6 Å². The molecule has 2 aromatic carbocycles. The predicted octanol–water partition coefficient (Wildman–Crippen LogP) is 7.02. The number of thiophene rings is 1. The molecule has 2 saturated heterocycles. The van der Waals surface area contributed by atoms with E-state index in [9.17, 15) is 19.5 Å². The maximum atomic E-state index is 15.0. The first-order valence-electron chi connectivity index (χ1n) is 15.7. The number of hydrogen-bond acceptors (Lipinski definition) is 8. The molecule has 8 rings (SSSR count). The predicted molar refractivity (Wildman–Crippen MR) is 192 cm³/mol. The number of halogens is 3. The van der Waals surface area contributed by atoms with E-state index in [1.54, 1.807) is 35.2 Å². The van der Waals surface area contributed by atoms with Gasteiger partial charge in [0.15, 0.2) is 11.5 Å². The lowest BCUT2D eigenvalue weighted by Gasteiger charge is -2.49. The van der Waals surface area contributed by atoms with Crippen molar-refractivity contribution in [2.24, 2.45) is 36.1 Å². The number of phenolic OH excluding ortho intramolecular Hbond substituents is 1. The van der Waals surface area contributed by atoms with Gasteiger partial charge in [-0.1, -0.05) is 23.3 Å². The van der Waals surface area contributed by atoms with E-state index in [0.717, 1.165) is 26.1 Å². The van der Waals surface area contributed by atoms with Crippen molar-refractivity contribution in [1.82, 2.24) is 15.1 Å². The molecule has 3 fully saturated rings. The van der Waals surface area contributed by atoms with Gasteiger partial charge in [-0.3, -0.25) is 29.2 Å².